The summed E-state index contributed by atoms with van der Waals surface area (Å²) in [5.41, 5.74) is 0. The Morgan fingerprint density at radius 3 is 2.47 bits per heavy atom. The molecule has 0 heterocycles. The molecule has 1 aliphatic carbocycles. The van der Waals surface area contributed by atoms with Crippen LogP contribution in [0.4, 0.5) is 4.79 Å². The third-order valence-corrected chi connectivity index (χ3v) is 3.26. The zero-order valence-corrected chi connectivity index (χ0v) is 11.6. The number of carbonyl (C=O) groups is 2. The number of aliphatic carboxylic acids is 1. The van der Waals surface area contributed by atoms with Gasteiger partial charge in [-0.15, -0.1) is 0 Å². The highest BCUT2D eigenvalue weighted by Gasteiger charge is 2.23. The van der Waals surface area contributed by atoms with Crippen molar-refractivity contribution in [2.75, 3.05) is 13.2 Å². The average molecular weight is 272 g/mol. The van der Waals surface area contributed by atoms with Gasteiger partial charge in [-0.2, -0.15) is 0 Å². The Morgan fingerprint density at radius 1 is 1.32 bits per heavy atom. The third-order valence-electron chi connectivity index (χ3n) is 3.26. The predicted octanol–water partition coefficient (Wildman–Crippen LogP) is 1.35. The van der Waals surface area contributed by atoms with E-state index in [1.807, 2.05) is 0 Å². The quantitative estimate of drug-likeness (QED) is 0.610. The van der Waals surface area contributed by atoms with Crippen LogP contribution in [0.3, 0.4) is 0 Å². The van der Waals surface area contributed by atoms with E-state index in [2.05, 4.69) is 10.6 Å². The molecule has 6 nitrogen and oxygen atoms in total. The van der Waals surface area contributed by atoms with Gasteiger partial charge in [0.25, 0.3) is 0 Å². The molecule has 1 saturated carbocycles. The Hall–Kier alpha value is -1.30. The standard InChI is InChI=1S/C13H24N2O4/c1-9(2)11(12(16)17)15-13(18)14-7-8-19-10-5-3-4-6-10/h9-11H,3-8H2,1-2H3,(H,16,17)(H2,14,15,18)/t11-/m0/s1. The van der Waals surface area contributed by atoms with E-state index in [1.54, 1.807) is 13.8 Å². The molecule has 0 aromatic carbocycles. The molecule has 2 amide bonds. The smallest absolute Gasteiger partial charge is 0.326 e. The van der Waals surface area contributed by atoms with E-state index in [4.69, 9.17) is 9.84 Å². The number of hydrogen-bond acceptors (Lipinski definition) is 3. The first kappa shape index (κ1) is 15.8. The lowest BCUT2D eigenvalue weighted by Gasteiger charge is -2.18. The SMILES string of the molecule is CC(C)[C@H](NC(=O)NCCOC1CCCC1)C(=O)O. The molecular weight excluding hydrogens is 248 g/mol. The second-order valence-electron chi connectivity index (χ2n) is 5.24. The number of carboxylic acid groups (broad SMARTS) is 1. The monoisotopic (exact) mass is 272 g/mol. The zero-order valence-electron chi connectivity index (χ0n) is 11.6. The highest BCUT2D eigenvalue weighted by molar-refractivity contribution is 5.82. The van der Waals surface area contributed by atoms with Crippen molar-refractivity contribution in [2.45, 2.75) is 51.7 Å². The minimum absolute atomic E-state index is 0.155. The van der Waals surface area contributed by atoms with Gasteiger partial charge in [-0.3, -0.25) is 0 Å². The summed E-state index contributed by atoms with van der Waals surface area (Å²) in [6.45, 7) is 4.37. The molecule has 3 N–H and O–H groups in total. The van der Waals surface area contributed by atoms with Crippen LogP contribution in [0, 0.1) is 5.92 Å². The van der Waals surface area contributed by atoms with Gasteiger partial charge in [0.15, 0.2) is 0 Å². The summed E-state index contributed by atoms with van der Waals surface area (Å²) in [7, 11) is 0. The lowest BCUT2D eigenvalue weighted by atomic mass is 10.1. The molecule has 0 unspecified atom stereocenters. The molecule has 19 heavy (non-hydrogen) atoms. The summed E-state index contributed by atoms with van der Waals surface area (Å²) in [5, 5.41) is 14.0. The first-order valence-corrected chi connectivity index (χ1v) is 6.89. The molecule has 0 aromatic rings. The van der Waals surface area contributed by atoms with Gasteiger partial charge < -0.3 is 20.5 Å². The maximum atomic E-state index is 11.5. The molecule has 1 aliphatic rings. The third kappa shape index (κ3) is 5.92. The van der Waals surface area contributed by atoms with Crippen molar-refractivity contribution in [3.05, 3.63) is 0 Å². The van der Waals surface area contributed by atoms with Crippen LogP contribution in [-0.4, -0.2) is 42.4 Å². The topological polar surface area (TPSA) is 87.7 Å². The van der Waals surface area contributed by atoms with Crippen LogP contribution < -0.4 is 10.6 Å². The van der Waals surface area contributed by atoms with Gasteiger partial charge in [0.1, 0.15) is 6.04 Å². The second kappa shape index (κ2) is 7.99. The first-order valence-electron chi connectivity index (χ1n) is 6.89. The van der Waals surface area contributed by atoms with Crippen LogP contribution in [-0.2, 0) is 9.53 Å². The summed E-state index contributed by atoms with van der Waals surface area (Å²) in [6, 6.07) is -1.33. The normalized spacial score (nSPS) is 17.4. The number of nitrogens with one attached hydrogen (secondary N) is 2. The maximum absolute atomic E-state index is 11.5. The molecule has 0 radical (unpaired) electrons. The number of carboxylic acids is 1. The van der Waals surface area contributed by atoms with Gasteiger partial charge in [0.05, 0.1) is 12.7 Å². The number of hydrogen-bond donors (Lipinski definition) is 3. The fourth-order valence-electron chi connectivity index (χ4n) is 2.15. The van der Waals surface area contributed by atoms with Gasteiger partial charge in [-0.25, -0.2) is 9.59 Å². The second-order valence-corrected chi connectivity index (χ2v) is 5.24. The molecule has 110 valence electrons. The fourth-order valence-corrected chi connectivity index (χ4v) is 2.15. The highest BCUT2D eigenvalue weighted by atomic mass is 16.5. The van der Waals surface area contributed by atoms with Gasteiger partial charge in [-0.05, 0) is 18.8 Å². The van der Waals surface area contributed by atoms with E-state index in [0.29, 0.717) is 19.3 Å². The Labute approximate surface area is 113 Å². The summed E-state index contributed by atoms with van der Waals surface area (Å²) < 4.78 is 5.59. The van der Waals surface area contributed by atoms with Crippen molar-refractivity contribution in [3.8, 4) is 0 Å². The van der Waals surface area contributed by atoms with E-state index in [9.17, 15) is 9.59 Å². The minimum atomic E-state index is -1.02. The van der Waals surface area contributed by atoms with E-state index < -0.39 is 18.0 Å². The highest BCUT2D eigenvalue weighted by Crippen LogP contribution is 2.20. The van der Waals surface area contributed by atoms with Gasteiger partial charge in [0.2, 0.25) is 0 Å². The molecular formula is C13H24N2O4. The predicted molar refractivity (Wildman–Crippen MR) is 71.0 cm³/mol. The van der Waals surface area contributed by atoms with Crippen molar-refractivity contribution in [1.82, 2.24) is 10.6 Å². The lowest BCUT2D eigenvalue weighted by Crippen LogP contribution is -2.49. The molecule has 1 rings (SSSR count). The number of rotatable bonds is 7. The molecule has 0 spiro atoms. The largest absolute Gasteiger partial charge is 0.480 e. The van der Waals surface area contributed by atoms with Crippen LogP contribution in [0.5, 0.6) is 0 Å². The van der Waals surface area contributed by atoms with E-state index in [-0.39, 0.29) is 5.92 Å². The lowest BCUT2D eigenvalue weighted by molar-refractivity contribution is -0.140. The summed E-state index contributed by atoms with van der Waals surface area (Å²) >= 11 is 0. The van der Waals surface area contributed by atoms with Crippen molar-refractivity contribution >= 4 is 12.0 Å². The number of amides is 2. The van der Waals surface area contributed by atoms with Crippen molar-refractivity contribution in [2.24, 2.45) is 5.92 Å². The van der Waals surface area contributed by atoms with Gasteiger partial charge in [-0.1, -0.05) is 26.7 Å². The summed E-state index contributed by atoms with van der Waals surface area (Å²) in [4.78, 5) is 22.4. The first-order chi connectivity index (χ1) is 9.00. The molecule has 0 saturated heterocycles. The molecule has 1 fully saturated rings. The molecule has 0 aromatic heterocycles. The summed E-state index contributed by atoms with van der Waals surface area (Å²) in [6.07, 6.45) is 4.95. The van der Waals surface area contributed by atoms with Gasteiger partial charge in [0, 0.05) is 6.54 Å². The van der Waals surface area contributed by atoms with Crippen LogP contribution in [0.25, 0.3) is 0 Å². The Bertz CT molecular complexity index is 301. The zero-order chi connectivity index (χ0) is 14.3. The van der Waals surface area contributed by atoms with E-state index >= 15 is 0 Å². The van der Waals surface area contributed by atoms with E-state index in [1.165, 1.54) is 12.8 Å². The Kier molecular flexibility index (Phi) is 6.62. The van der Waals surface area contributed by atoms with Crippen LogP contribution in [0.1, 0.15) is 39.5 Å². The van der Waals surface area contributed by atoms with Gasteiger partial charge >= 0.3 is 12.0 Å². The Morgan fingerprint density at radius 2 is 1.95 bits per heavy atom. The molecule has 6 heteroatoms. The van der Waals surface area contributed by atoms with Crippen molar-refractivity contribution in [1.29, 1.82) is 0 Å². The maximum Gasteiger partial charge on any atom is 0.326 e. The van der Waals surface area contributed by atoms with Crippen molar-refractivity contribution < 1.29 is 19.4 Å². The van der Waals surface area contributed by atoms with Crippen LogP contribution in [0.15, 0.2) is 0 Å². The van der Waals surface area contributed by atoms with Crippen molar-refractivity contribution in [3.63, 3.8) is 0 Å². The summed E-state index contributed by atoms with van der Waals surface area (Å²) in [5.74, 6) is -1.18. The molecule has 1 atom stereocenters. The minimum Gasteiger partial charge on any atom is -0.480 e. The number of ether oxygens (including phenoxy) is 1. The number of carbonyl (C=O) groups excluding carboxylic acids is 1. The van der Waals surface area contributed by atoms with Crippen LogP contribution >= 0.6 is 0 Å². The molecule has 0 aliphatic heterocycles. The fraction of sp³-hybridized carbons (Fsp3) is 0.846. The average Bonchev–Trinajstić information content (AvgIpc) is 2.84. The number of urea groups is 1. The van der Waals surface area contributed by atoms with E-state index in [0.717, 1.165) is 12.8 Å². The molecule has 0 bridgehead atoms. The Balaban J connectivity index is 2.14. The van der Waals surface area contributed by atoms with Crippen LogP contribution in [0.2, 0.25) is 0 Å².